The minimum atomic E-state index is -0.304. The highest BCUT2D eigenvalue weighted by Gasteiger charge is 2.39. The van der Waals surface area contributed by atoms with Gasteiger partial charge in [-0.2, -0.15) is 0 Å². The molecule has 2 aliphatic rings. The SMILES string of the molecule is Cc1ccccc1NC1=C(c2ccc(Cl)cc2)C(=O)N(CCN2CCOCC2)C1=O. The molecule has 6 nitrogen and oxygen atoms in total. The Morgan fingerprint density at radius 2 is 1.67 bits per heavy atom. The van der Waals surface area contributed by atoms with Crippen LogP contribution >= 0.6 is 11.6 Å². The minimum Gasteiger partial charge on any atom is -0.379 e. The van der Waals surface area contributed by atoms with Crippen LogP contribution in [0.4, 0.5) is 5.69 Å². The number of para-hydroxylation sites is 1. The Morgan fingerprint density at radius 1 is 0.967 bits per heavy atom. The zero-order valence-electron chi connectivity index (χ0n) is 16.9. The number of halogens is 1. The van der Waals surface area contributed by atoms with Crippen LogP contribution in [-0.2, 0) is 14.3 Å². The number of carbonyl (C=O) groups is 2. The zero-order chi connectivity index (χ0) is 21.1. The maximum Gasteiger partial charge on any atom is 0.278 e. The first-order valence-corrected chi connectivity index (χ1v) is 10.4. The standard InChI is InChI=1S/C23H24ClN3O3/c1-16-4-2-3-5-19(16)25-21-20(17-6-8-18(24)9-7-17)22(28)27(23(21)29)11-10-26-12-14-30-15-13-26/h2-9,25H,10-15H2,1H3. The highest BCUT2D eigenvalue weighted by atomic mass is 35.5. The second kappa shape index (κ2) is 9.00. The lowest BCUT2D eigenvalue weighted by Gasteiger charge is -2.28. The van der Waals surface area contributed by atoms with Gasteiger partial charge in [-0.3, -0.25) is 19.4 Å². The van der Waals surface area contributed by atoms with E-state index >= 15 is 0 Å². The van der Waals surface area contributed by atoms with Gasteiger partial charge in [0, 0.05) is 36.9 Å². The van der Waals surface area contributed by atoms with E-state index in [1.165, 1.54) is 4.90 Å². The molecule has 1 N–H and O–H groups in total. The number of rotatable bonds is 6. The Kier molecular flexibility index (Phi) is 6.18. The molecule has 2 aromatic rings. The number of ether oxygens (including phenoxy) is 1. The fourth-order valence-corrected chi connectivity index (χ4v) is 3.82. The average molecular weight is 426 g/mol. The molecule has 1 saturated heterocycles. The van der Waals surface area contributed by atoms with E-state index in [1.54, 1.807) is 24.3 Å². The number of morpholine rings is 1. The third-order valence-electron chi connectivity index (χ3n) is 5.45. The Balaban J connectivity index is 1.63. The van der Waals surface area contributed by atoms with Crippen molar-refractivity contribution in [3.05, 3.63) is 70.4 Å². The van der Waals surface area contributed by atoms with Crippen LogP contribution in [0.15, 0.2) is 54.2 Å². The molecule has 2 amide bonds. The number of amides is 2. The first-order chi connectivity index (χ1) is 14.5. The molecule has 0 aliphatic carbocycles. The summed E-state index contributed by atoms with van der Waals surface area (Å²) in [5.74, 6) is -0.590. The molecule has 0 atom stereocenters. The van der Waals surface area contributed by atoms with Crippen molar-refractivity contribution in [2.45, 2.75) is 6.92 Å². The lowest BCUT2D eigenvalue weighted by atomic mass is 10.0. The molecule has 156 valence electrons. The summed E-state index contributed by atoms with van der Waals surface area (Å²) in [4.78, 5) is 30.1. The largest absolute Gasteiger partial charge is 0.379 e. The van der Waals surface area contributed by atoms with E-state index in [9.17, 15) is 9.59 Å². The van der Waals surface area contributed by atoms with E-state index in [0.29, 0.717) is 48.2 Å². The number of carbonyl (C=O) groups excluding carboxylic acids is 2. The molecule has 0 radical (unpaired) electrons. The Hall–Kier alpha value is -2.67. The van der Waals surface area contributed by atoms with E-state index in [1.807, 2.05) is 31.2 Å². The average Bonchev–Trinajstić information content (AvgIpc) is 2.99. The van der Waals surface area contributed by atoms with E-state index in [2.05, 4.69) is 10.2 Å². The van der Waals surface area contributed by atoms with Crippen LogP contribution in [0.5, 0.6) is 0 Å². The Morgan fingerprint density at radius 3 is 2.37 bits per heavy atom. The van der Waals surface area contributed by atoms with Crippen LogP contribution in [0.3, 0.4) is 0 Å². The Labute approximate surface area is 181 Å². The third kappa shape index (κ3) is 4.26. The van der Waals surface area contributed by atoms with Gasteiger partial charge in [0.15, 0.2) is 0 Å². The molecule has 30 heavy (non-hydrogen) atoms. The lowest BCUT2D eigenvalue weighted by Crippen LogP contribution is -2.43. The number of aryl methyl sites for hydroxylation is 1. The van der Waals surface area contributed by atoms with Crippen LogP contribution < -0.4 is 5.32 Å². The molecule has 0 bridgehead atoms. The van der Waals surface area contributed by atoms with Gasteiger partial charge in [0.05, 0.1) is 18.8 Å². The number of hydrogen-bond acceptors (Lipinski definition) is 5. The summed E-state index contributed by atoms with van der Waals surface area (Å²) in [5, 5.41) is 3.80. The Bertz CT molecular complexity index is 981. The van der Waals surface area contributed by atoms with Crippen molar-refractivity contribution in [3.63, 3.8) is 0 Å². The molecule has 0 spiro atoms. The quantitative estimate of drug-likeness (QED) is 0.720. The van der Waals surface area contributed by atoms with Crippen molar-refractivity contribution in [3.8, 4) is 0 Å². The summed E-state index contributed by atoms with van der Waals surface area (Å²) in [7, 11) is 0. The number of hydrogen-bond donors (Lipinski definition) is 1. The summed E-state index contributed by atoms with van der Waals surface area (Å²) in [5.41, 5.74) is 3.14. The zero-order valence-corrected chi connectivity index (χ0v) is 17.6. The number of benzene rings is 2. The number of imide groups is 1. The van der Waals surface area contributed by atoms with Crippen LogP contribution in [-0.4, -0.2) is 61.0 Å². The molecule has 0 saturated carbocycles. The van der Waals surface area contributed by atoms with E-state index in [0.717, 1.165) is 24.3 Å². The molecule has 2 aliphatic heterocycles. The van der Waals surface area contributed by atoms with Gasteiger partial charge in [0.1, 0.15) is 5.70 Å². The molecule has 2 aromatic carbocycles. The smallest absolute Gasteiger partial charge is 0.278 e. The normalized spacial score (nSPS) is 17.7. The topological polar surface area (TPSA) is 61.9 Å². The number of nitrogens with one attached hydrogen (secondary N) is 1. The molecule has 7 heteroatoms. The van der Waals surface area contributed by atoms with Gasteiger partial charge in [-0.1, -0.05) is 41.9 Å². The van der Waals surface area contributed by atoms with Crippen molar-refractivity contribution >= 4 is 34.7 Å². The van der Waals surface area contributed by atoms with E-state index in [4.69, 9.17) is 16.3 Å². The van der Waals surface area contributed by atoms with E-state index < -0.39 is 0 Å². The van der Waals surface area contributed by atoms with Crippen molar-refractivity contribution in [1.82, 2.24) is 9.80 Å². The lowest BCUT2D eigenvalue weighted by molar-refractivity contribution is -0.137. The fourth-order valence-electron chi connectivity index (χ4n) is 3.69. The van der Waals surface area contributed by atoms with E-state index in [-0.39, 0.29) is 11.8 Å². The van der Waals surface area contributed by atoms with Crippen LogP contribution in [0, 0.1) is 6.92 Å². The predicted octanol–water partition coefficient (Wildman–Crippen LogP) is 3.17. The second-order valence-corrected chi connectivity index (χ2v) is 7.85. The molecular formula is C23H24ClN3O3. The van der Waals surface area contributed by atoms with Crippen molar-refractivity contribution in [1.29, 1.82) is 0 Å². The monoisotopic (exact) mass is 425 g/mol. The number of anilines is 1. The van der Waals surface area contributed by atoms with Crippen molar-refractivity contribution < 1.29 is 14.3 Å². The molecule has 2 heterocycles. The first-order valence-electron chi connectivity index (χ1n) is 10.0. The van der Waals surface area contributed by atoms with Crippen molar-refractivity contribution in [2.75, 3.05) is 44.7 Å². The van der Waals surface area contributed by atoms with Gasteiger partial charge in [-0.25, -0.2) is 0 Å². The minimum absolute atomic E-state index is 0.285. The van der Waals surface area contributed by atoms with Gasteiger partial charge in [-0.05, 0) is 36.2 Å². The maximum absolute atomic E-state index is 13.3. The maximum atomic E-state index is 13.3. The van der Waals surface area contributed by atoms with Gasteiger partial charge >= 0.3 is 0 Å². The molecule has 1 fully saturated rings. The fraction of sp³-hybridized carbons (Fsp3) is 0.304. The highest BCUT2D eigenvalue weighted by molar-refractivity contribution is 6.37. The van der Waals surface area contributed by atoms with Crippen LogP contribution in [0.2, 0.25) is 5.02 Å². The summed E-state index contributed by atoms with van der Waals surface area (Å²) >= 11 is 6.03. The van der Waals surface area contributed by atoms with Gasteiger partial charge in [0.25, 0.3) is 11.8 Å². The molecular weight excluding hydrogens is 402 g/mol. The van der Waals surface area contributed by atoms with Crippen LogP contribution in [0.1, 0.15) is 11.1 Å². The highest BCUT2D eigenvalue weighted by Crippen LogP contribution is 2.31. The second-order valence-electron chi connectivity index (χ2n) is 7.41. The molecule has 0 aromatic heterocycles. The summed E-state index contributed by atoms with van der Waals surface area (Å²) < 4.78 is 5.37. The van der Waals surface area contributed by atoms with Gasteiger partial charge in [-0.15, -0.1) is 0 Å². The first kappa shape index (κ1) is 20.6. The van der Waals surface area contributed by atoms with Gasteiger partial charge in [0.2, 0.25) is 0 Å². The molecule has 4 rings (SSSR count). The summed E-state index contributed by atoms with van der Waals surface area (Å²) in [6, 6.07) is 14.7. The number of nitrogens with zero attached hydrogens (tertiary/aromatic N) is 2. The third-order valence-corrected chi connectivity index (χ3v) is 5.70. The van der Waals surface area contributed by atoms with Crippen molar-refractivity contribution in [2.24, 2.45) is 0 Å². The summed E-state index contributed by atoms with van der Waals surface area (Å²) in [6.07, 6.45) is 0. The molecule has 0 unspecified atom stereocenters. The van der Waals surface area contributed by atoms with Crippen LogP contribution in [0.25, 0.3) is 5.57 Å². The predicted molar refractivity (Wildman–Crippen MR) is 117 cm³/mol. The van der Waals surface area contributed by atoms with Gasteiger partial charge < -0.3 is 10.1 Å². The summed E-state index contributed by atoms with van der Waals surface area (Å²) in [6.45, 7) is 5.90.